The fraction of sp³-hybridized carbons (Fsp3) is 0.333. The molecule has 1 aromatic rings. The van der Waals surface area contributed by atoms with Gasteiger partial charge in [0.15, 0.2) is 0 Å². The molecule has 2 atom stereocenters. The Labute approximate surface area is 124 Å². The van der Waals surface area contributed by atoms with Crippen LogP contribution in [0.25, 0.3) is 0 Å². The first-order valence-corrected chi connectivity index (χ1v) is 7.13. The van der Waals surface area contributed by atoms with E-state index in [1.165, 1.54) is 40.9 Å². The number of urea groups is 1. The molecule has 0 saturated carbocycles. The van der Waals surface area contributed by atoms with Crippen molar-refractivity contribution in [3.63, 3.8) is 0 Å². The van der Waals surface area contributed by atoms with Crippen LogP contribution in [0.4, 0.5) is 16.2 Å². The number of non-ortho nitro benzene ring substituents is 1. The molecule has 2 unspecified atom stereocenters. The molecule has 0 aromatic heterocycles. The Hall–Kier alpha value is -2.29. The Balaban J connectivity index is 2.09. The minimum atomic E-state index is -1.05. The van der Waals surface area contributed by atoms with Crippen LogP contribution < -0.4 is 5.32 Å². The minimum absolute atomic E-state index is 0.0819. The standard InChI is InChI=1S/C12H13N3O5S/c1-7-14(10(6-21-7)11(16)17)12(18)13-8-2-4-9(5-3-8)15(19)20/h2-5,7,10H,6H2,1H3,(H,13,18)(H,16,17). The highest BCUT2D eigenvalue weighted by atomic mass is 32.2. The Morgan fingerprint density at radius 1 is 1.43 bits per heavy atom. The Bertz CT molecular complexity index is 577. The summed E-state index contributed by atoms with van der Waals surface area (Å²) in [6.07, 6.45) is 0. The number of nitrogens with one attached hydrogen (secondary N) is 1. The summed E-state index contributed by atoms with van der Waals surface area (Å²) in [6, 6.07) is 3.94. The highest BCUT2D eigenvalue weighted by molar-refractivity contribution is 8.00. The Kier molecular flexibility index (Phi) is 4.32. The first kappa shape index (κ1) is 15.1. The van der Waals surface area contributed by atoms with E-state index in [0.29, 0.717) is 11.4 Å². The van der Waals surface area contributed by atoms with Crippen LogP contribution >= 0.6 is 11.8 Å². The van der Waals surface area contributed by atoms with E-state index in [-0.39, 0.29) is 11.1 Å². The normalized spacial score (nSPS) is 21.1. The highest BCUT2D eigenvalue weighted by Crippen LogP contribution is 2.29. The van der Waals surface area contributed by atoms with E-state index in [1.807, 2.05) is 0 Å². The van der Waals surface area contributed by atoms with Gasteiger partial charge in [0.25, 0.3) is 5.69 Å². The van der Waals surface area contributed by atoms with E-state index < -0.39 is 23.0 Å². The molecular formula is C12H13N3O5S. The summed E-state index contributed by atoms with van der Waals surface area (Å²) < 4.78 is 0. The number of nitrogens with zero attached hydrogens (tertiary/aromatic N) is 2. The summed E-state index contributed by atoms with van der Waals surface area (Å²) in [5, 5.41) is 22.0. The topological polar surface area (TPSA) is 113 Å². The fourth-order valence-electron chi connectivity index (χ4n) is 2.00. The van der Waals surface area contributed by atoms with Crippen molar-refractivity contribution in [2.24, 2.45) is 0 Å². The molecule has 0 spiro atoms. The van der Waals surface area contributed by atoms with E-state index >= 15 is 0 Å². The number of nitro benzene ring substituents is 1. The number of nitro groups is 1. The monoisotopic (exact) mass is 311 g/mol. The lowest BCUT2D eigenvalue weighted by atomic mass is 10.2. The van der Waals surface area contributed by atoms with E-state index in [9.17, 15) is 19.7 Å². The van der Waals surface area contributed by atoms with Gasteiger partial charge in [-0.15, -0.1) is 11.8 Å². The maximum Gasteiger partial charge on any atom is 0.327 e. The molecule has 2 amide bonds. The van der Waals surface area contributed by atoms with Gasteiger partial charge in [0.05, 0.1) is 10.3 Å². The second-order valence-electron chi connectivity index (χ2n) is 4.43. The molecule has 0 aliphatic carbocycles. The van der Waals surface area contributed by atoms with Crippen molar-refractivity contribution in [3.05, 3.63) is 34.4 Å². The van der Waals surface area contributed by atoms with Crippen LogP contribution in [0.5, 0.6) is 0 Å². The summed E-state index contributed by atoms with van der Waals surface area (Å²) in [5.41, 5.74) is 0.292. The van der Waals surface area contributed by atoms with Crippen molar-refractivity contribution in [2.75, 3.05) is 11.1 Å². The van der Waals surface area contributed by atoms with E-state index in [0.717, 1.165) is 0 Å². The van der Waals surface area contributed by atoms with Crippen LogP contribution in [-0.2, 0) is 4.79 Å². The predicted octanol–water partition coefficient (Wildman–Crippen LogP) is 1.97. The lowest BCUT2D eigenvalue weighted by Gasteiger charge is -2.25. The number of carboxylic acid groups (broad SMARTS) is 1. The van der Waals surface area contributed by atoms with Gasteiger partial charge >= 0.3 is 12.0 Å². The van der Waals surface area contributed by atoms with Crippen LogP contribution in [0, 0.1) is 10.1 Å². The third-order valence-corrected chi connectivity index (χ3v) is 4.29. The second-order valence-corrected chi connectivity index (χ2v) is 5.78. The maximum absolute atomic E-state index is 12.2. The van der Waals surface area contributed by atoms with Gasteiger partial charge in [-0.1, -0.05) is 0 Å². The molecular weight excluding hydrogens is 298 g/mol. The van der Waals surface area contributed by atoms with Crippen LogP contribution in [0.2, 0.25) is 0 Å². The van der Waals surface area contributed by atoms with Crippen molar-refractivity contribution in [2.45, 2.75) is 18.3 Å². The van der Waals surface area contributed by atoms with Crippen LogP contribution in [0.3, 0.4) is 0 Å². The van der Waals surface area contributed by atoms with Crippen molar-refractivity contribution >= 4 is 35.1 Å². The molecule has 9 heteroatoms. The predicted molar refractivity (Wildman–Crippen MR) is 77.3 cm³/mol. The Morgan fingerprint density at radius 3 is 2.57 bits per heavy atom. The van der Waals surface area contributed by atoms with Gasteiger partial charge in [-0.05, 0) is 19.1 Å². The van der Waals surface area contributed by atoms with Crippen LogP contribution in [0.1, 0.15) is 6.92 Å². The zero-order chi connectivity index (χ0) is 15.6. The number of carbonyl (C=O) groups excluding carboxylic acids is 1. The first-order chi connectivity index (χ1) is 9.90. The third-order valence-electron chi connectivity index (χ3n) is 3.07. The van der Waals surface area contributed by atoms with Gasteiger partial charge in [-0.2, -0.15) is 0 Å². The molecule has 1 fully saturated rings. The summed E-state index contributed by atoms with van der Waals surface area (Å²) in [4.78, 5) is 34.6. The van der Waals surface area contributed by atoms with E-state index in [2.05, 4.69) is 5.32 Å². The summed E-state index contributed by atoms with van der Waals surface area (Å²) in [7, 11) is 0. The molecule has 1 aliphatic heterocycles. The molecule has 8 nitrogen and oxygen atoms in total. The van der Waals surface area contributed by atoms with Crippen LogP contribution in [-0.4, -0.2) is 44.1 Å². The summed E-state index contributed by atoms with van der Waals surface area (Å²) >= 11 is 1.38. The number of carbonyl (C=O) groups is 2. The number of amides is 2. The molecule has 1 heterocycles. The van der Waals surface area contributed by atoms with Gasteiger partial charge < -0.3 is 10.4 Å². The number of thioether (sulfide) groups is 1. The summed E-state index contributed by atoms with van der Waals surface area (Å²) in [5.74, 6) is -0.713. The largest absolute Gasteiger partial charge is 0.480 e. The average Bonchev–Trinajstić information content (AvgIpc) is 2.81. The molecule has 21 heavy (non-hydrogen) atoms. The smallest absolute Gasteiger partial charge is 0.327 e. The zero-order valence-electron chi connectivity index (χ0n) is 11.1. The number of hydrogen-bond acceptors (Lipinski definition) is 5. The number of hydrogen-bond donors (Lipinski definition) is 2. The number of carboxylic acids is 1. The maximum atomic E-state index is 12.2. The molecule has 0 radical (unpaired) electrons. The summed E-state index contributed by atoms with van der Waals surface area (Å²) in [6.45, 7) is 1.75. The van der Waals surface area contributed by atoms with Gasteiger partial charge in [0.2, 0.25) is 0 Å². The molecule has 1 aromatic carbocycles. The van der Waals surface area contributed by atoms with Crippen molar-refractivity contribution in [3.8, 4) is 0 Å². The zero-order valence-corrected chi connectivity index (χ0v) is 11.9. The second kappa shape index (κ2) is 6.00. The lowest BCUT2D eigenvalue weighted by Crippen LogP contribution is -2.46. The van der Waals surface area contributed by atoms with E-state index in [1.54, 1.807) is 6.92 Å². The number of anilines is 1. The van der Waals surface area contributed by atoms with Gasteiger partial charge in [-0.25, -0.2) is 9.59 Å². The molecule has 112 valence electrons. The fourth-order valence-corrected chi connectivity index (χ4v) is 3.16. The van der Waals surface area contributed by atoms with Crippen molar-refractivity contribution < 1.29 is 19.6 Å². The number of rotatable bonds is 3. The molecule has 1 aliphatic rings. The number of aliphatic carboxylic acids is 1. The Morgan fingerprint density at radius 2 is 2.05 bits per heavy atom. The SMILES string of the molecule is CC1SCC(C(=O)O)N1C(=O)Nc1ccc([N+](=O)[O-])cc1. The average molecular weight is 311 g/mol. The molecule has 2 N–H and O–H groups in total. The third kappa shape index (κ3) is 3.24. The van der Waals surface area contributed by atoms with Gasteiger partial charge in [-0.3, -0.25) is 15.0 Å². The van der Waals surface area contributed by atoms with Gasteiger partial charge in [0.1, 0.15) is 6.04 Å². The van der Waals surface area contributed by atoms with Gasteiger partial charge in [0, 0.05) is 23.6 Å². The quantitative estimate of drug-likeness (QED) is 0.652. The van der Waals surface area contributed by atoms with E-state index in [4.69, 9.17) is 5.11 Å². The molecule has 2 rings (SSSR count). The van der Waals surface area contributed by atoms with Crippen molar-refractivity contribution in [1.82, 2.24) is 4.90 Å². The van der Waals surface area contributed by atoms with Crippen LogP contribution in [0.15, 0.2) is 24.3 Å². The lowest BCUT2D eigenvalue weighted by molar-refractivity contribution is -0.384. The minimum Gasteiger partial charge on any atom is -0.480 e. The highest BCUT2D eigenvalue weighted by Gasteiger charge is 2.39. The molecule has 0 bridgehead atoms. The van der Waals surface area contributed by atoms with Crippen molar-refractivity contribution in [1.29, 1.82) is 0 Å². The molecule has 1 saturated heterocycles. The first-order valence-electron chi connectivity index (χ1n) is 6.08. The number of benzene rings is 1.